The molecule has 0 bridgehead atoms. The normalized spacial score (nSPS) is 13.0. The van der Waals surface area contributed by atoms with Gasteiger partial charge >= 0.3 is 11.9 Å². The largest absolute Gasteiger partial charge is 0.463 e. The summed E-state index contributed by atoms with van der Waals surface area (Å²) in [5.74, 6) is -0.161. The maximum Gasteiger partial charge on any atom is 0.306 e. The lowest BCUT2D eigenvalue weighted by Crippen LogP contribution is -2.32. The number of hydrogen-bond donors (Lipinski definition) is 0. The Morgan fingerprint density at radius 2 is 1.08 bits per heavy atom. The van der Waals surface area contributed by atoms with Gasteiger partial charge in [0.15, 0.2) is 0 Å². The Labute approximate surface area is 229 Å². The molecule has 0 saturated heterocycles. The molecule has 0 N–H and O–H groups in total. The zero-order chi connectivity index (χ0) is 27.6. The van der Waals surface area contributed by atoms with E-state index in [1.165, 1.54) is 57.8 Å². The molecule has 37 heavy (non-hydrogen) atoms. The summed E-state index contributed by atoms with van der Waals surface area (Å²) in [6.07, 6.45) is 21.6. The fourth-order valence-corrected chi connectivity index (χ4v) is 4.56. The van der Waals surface area contributed by atoms with Crippen LogP contribution < -0.4 is 0 Å². The Hall–Kier alpha value is -1.14. The first-order chi connectivity index (χ1) is 17.9. The predicted octanol–water partition coefficient (Wildman–Crippen LogP) is 7.86. The highest BCUT2D eigenvalue weighted by Gasteiger charge is 2.14. The number of ether oxygens (including phenoxy) is 3. The van der Waals surface area contributed by atoms with E-state index in [0.717, 1.165) is 64.3 Å². The third kappa shape index (κ3) is 24.9. The van der Waals surface area contributed by atoms with Crippen LogP contribution in [-0.2, 0) is 23.8 Å². The lowest BCUT2D eigenvalue weighted by atomic mass is 10.0. The number of unbranched alkanes of at least 4 members (excludes halogenated alkanes) is 13. The first kappa shape index (κ1) is 35.9. The summed E-state index contributed by atoms with van der Waals surface area (Å²) >= 11 is 0. The Morgan fingerprint density at radius 3 is 1.59 bits per heavy atom. The van der Waals surface area contributed by atoms with E-state index in [2.05, 4.69) is 13.8 Å². The van der Waals surface area contributed by atoms with Gasteiger partial charge in [0.2, 0.25) is 0 Å². The molecule has 0 heterocycles. The Balaban J connectivity index is 3.91. The molecule has 0 aromatic heterocycles. The number of esters is 2. The van der Waals surface area contributed by atoms with Gasteiger partial charge in [0.05, 0.1) is 0 Å². The van der Waals surface area contributed by atoms with E-state index < -0.39 is 0 Å². The molecule has 0 aliphatic heterocycles. The Bertz CT molecular complexity index is 526. The summed E-state index contributed by atoms with van der Waals surface area (Å²) in [6, 6.07) is 0. The van der Waals surface area contributed by atoms with E-state index in [1.807, 2.05) is 19.0 Å². The van der Waals surface area contributed by atoms with Gasteiger partial charge in [-0.25, -0.2) is 0 Å². The zero-order valence-corrected chi connectivity index (χ0v) is 25.2. The highest BCUT2D eigenvalue weighted by molar-refractivity contribution is 5.69. The first-order valence-electron chi connectivity index (χ1n) is 15.4. The lowest BCUT2D eigenvalue weighted by molar-refractivity contribution is -0.150. The van der Waals surface area contributed by atoms with E-state index in [9.17, 15) is 9.59 Å². The summed E-state index contributed by atoms with van der Waals surface area (Å²) in [6.45, 7) is 5.52. The quantitative estimate of drug-likeness (QED) is 0.0800. The SMILES string of the molecule is CCCCCCCCC(CCCCCC)OC(=O)CCCCCCCCC(=O)OCC(CN(C)C)OC. The maximum absolute atomic E-state index is 12.4. The van der Waals surface area contributed by atoms with Crippen LogP contribution in [0.4, 0.5) is 0 Å². The molecule has 2 atom stereocenters. The number of likely N-dealkylation sites (N-methyl/N-ethyl adjacent to an activating group) is 1. The lowest BCUT2D eigenvalue weighted by Gasteiger charge is -2.19. The van der Waals surface area contributed by atoms with E-state index in [-0.39, 0.29) is 24.1 Å². The van der Waals surface area contributed by atoms with Crippen LogP contribution in [0.1, 0.15) is 142 Å². The van der Waals surface area contributed by atoms with E-state index in [4.69, 9.17) is 14.2 Å². The van der Waals surface area contributed by atoms with Crippen LogP contribution in [0.25, 0.3) is 0 Å². The second-order valence-electron chi connectivity index (χ2n) is 10.9. The van der Waals surface area contributed by atoms with Crippen LogP contribution in [-0.4, -0.2) is 63.4 Å². The number of carbonyl (C=O) groups excluding carboxylic acids is 2. The van der Waals surface area contributed by atoms with Crippen LogP contribution >= 0.6 is 0 Å². The molecule has 0 aromatic carbocycles. The molecular formula is C31H61NO5. The minimum absolute atomic E-state index is 0.0159. The smallest absolute Gasteiger partial charge is 0.306 e. The zero-order valence-electron chi connectivity index (χ0n) is 25.2. The molecule has 220 valence electrons. The molecule has 0 aliphatic rings. The van der Waals surface area contributed by atoms with E-state index in [1.54, 1.807) is 7.11 Å². The van der Waals surface area contributed by atoms with Gasteiger partial charge in [0.1, 0.15) is 18.8 Å². The molecule has 0 saturated carbocycles. The van der Waals surface area contributed by atoms with Crippen molar-refractivity contribution in [2.75, 3.05) is 34.4 Å². The highest BCUT2D eigenvalue weighted by Crippen LogP contribution is 2.18. The second-order valence-corrected chi connectivity index (χ2v) is 10.9. The Kier molecular flexibility index (Phi) is 25.7. The van der Waals surface area contributed by atoms with Gasteiger partial charge in [-0.05, 0) is 52.6 Å². The number of carbonyl (C=O) groups is 2. The van der Waals surface area contributed by atoms with Gasteiger partial charge in [-0.15, -0.1) is 0 Å². The molecule has 0 aromatic rings. The van der Waals surface area contributed by atoms with Crippen LogP contribution in [0, 0.1) is 0 Å². The third-order valence-electron chi connectivity index (χ3n) is 6.90. The highest BCUT2D eigenvalue weighted by atomic mass is 16.6. The number of methoxy groups -OCH3 is 1. The van der Waals surface area contributed by atoms with Crippen molar-refractivity contribution in [3.8, 4) is 0 Å². The molecule has 0 fully saturated rings. The van der Waals surface area contributed by atoms with Gasteiger partial charge in [0, 0.05) is 26.5 Å². The van der Waals surface area contributed by atoms with Crippen molar-refractivity contribution in [2.45, 2.75) is 154 Å². The van der Waals surface area contributed by atoms with Crippen LogP contribution in [0.2, 0.25) is 0 Å². The summed E-state index contributed by atoms with van der Waals surface area (Å²) < 4.78 is 16.6. The van der Waals surface area contributed by atoms with E-state index in [0.29, 0.717) is 19.4 Å². The molecular weight excluding hydrogens is 466 g/mol. The standard InChI is InChI=1S/C31H61NO5/c1-6-8-10-12-15-19-23-28(22-18-11-9-7-2)37-31(34)25-21-17-14-13-16-20-24-30(33)36-27-29(35-5)26-32(3)4/h28-29H,6-27H2,1-5H3. The molecule has 0 rings (SSSR count). The molecule has 0 spiro atoms. The van der Waals surface area contributed by atoms with Crippen molar-refractivity contribution in [3.05, 3.63) is 0 Å². The van der Waals surface area contributed by atoms with Crippen LogP contribution in [0.5, 0.6) is 0 Å². The molecule has 0 aliphatic carbocycles. The average molecular weight is 528 g/mol. The minimum Gasteiger partial charge on any atom is -0.463 e. The van der Waals surface area contributed by atoms with Crippen LogP contribution in [0.3, 0.4) is 0 Å². The summed E-state index contributed by atoms with van der Waals surface area (Å²) in [4.78, 5) is 26.4. The summed E-state index contributed by atoms with van der Waals surface area (Å²) in [7, 11) is 5.59. The van der Waals surface area contributed by atoms with Crippen molar-refractivity contribution in [1.29, 1.82) is 0 Å². The van der Waals surface area contributed by atoms with Gasteiger partial charge in [-0.2, -0.15) is 0 Å². The topological polar surface area (TPSA) is 65.1 Å². The van der Waals surface area contributed by atoms with E-state index >= 15 is 0 Å². The number of rotatable bonds is 27. The summed E-state index contributed by atoms with van der Waals surface area (Å²) in [5.41, 5.74) is 0. The number of hydrogen-bond acceptors (Lipinski definition) is 6. The third-order valence-corrected chi connectivity index (χ3v) is 6.90. The fraction of sp³-hybridized carbons (Fsp3) is 0.935. The minimum atomic E-state index is -0.145. The van der Waals surface area contributed by atoms with Crippen molar-refractivity contribution < 1.29 is 23.8 Å². The molecule has 6 heteroatoms. The van der Waals surface area contributed by atoms with Crippen molar-refractivity contribution in [2.24, 2.45) is 0 Å². The molecule has 2 unspecified atom stereocenters. The fourth-order valence-electron chi connectivity index (χ4n) is 4.56. The van der Waals surface area contributed by atoms with Gasteiger partial charge in [-0.1, -0.05) is 90.9 Å². The monoisotopic (exact) mass is 527 g/mol. The Morgan fingerprint density at radius 1 is 0.622 bits per heavy atom. The van der Waals surface area contributed by atoms with Crippen molar-refractivity contribution in [3.63, 3.8) is 0 Å². The molecule has 0 amide bonds. The van der Waals surface area contributed by atoms with Gasteiger partial charge in [-0.3, -0.25) is 9.59 Å². The van der Waals surface area contributed by atoms with Crippen molar-refractivity contribution in [1.82, 2.24) is 4.90 Å². The molecule has 6 nitrogen and oxygen atoms in total. The number of nitrogens with zero attached hydrogens (tertiary/aromatic N) is 1. The maximum atomic E-state index is 12.4. The second kappa shape index (κ2) is 26.5. The van der Waals surface area contributed by atoms with Gasteiger partial charge < -0.3 is 19.1 Å². The summed E-state index contributed by atoms with van der Waals surface area (Å²) in [5, 5.41) is 0. The first-order valence-corrected chi connectivity index (χ1v) is 15.4. The predicted molar refractivity (Wildman–Crippen MR) is 154 cm³/mol. The molecule has 0 radical (unpaired) electrons. The van der Waals surface area contributed by atoms with Crippen molar-refractivity contribution >= 4 is 11.9 Å². The van der Waals surface area contributed by atoms with Gasteiger partial charge in [0.25, 0.3) is 0 Å². The average Bonchev–Trinajstić information content (AvgIpc) is 2.87. The van der Waals surface area contributed by atoms with Crippen LogP contribution in [0.15, 0.2) is 0 Å².